The second-order valence-electron chi connectivity index (χ2n) is 19.1. The molecule has 3 aliphatic rings. The SMILES string of the molecule is CC(=O)N[C@@H]1[C@H](OCc2ccccc2)O[C@@H](COC(C)=O)[C@H](O[C@@H]2O[C@H](COC(C)=O)[C@H](OC(C)=O)[C@@H](OC(C)=O)[C@@H]2OC(C)=O)[C@H]1O[C@@H]1O[C@@H](C)[C@@H](OCc2ccccc2)[C@@H](OCc2ccccc2)[C@@H]1OCc1ccccc1. The molecule has 426 valence electrons. The van der Waals surface area contributed by atoms with Crippen LogP contribution in [0.3, 0.4) is 0 Å². The molecule has 0 bridgehead atoms. The number of esters is 5. The van der Waals surface area contributed by atoms with Gasteiger partial charge in [0.15, 0.2) is 37.2 Å². The van der Waals surface area contributed by atoms with Gasteiger partial charge in [0, 0.05) is 41.5 Å². The lowest BCUT2D eigenvalue weighted by molar-refractivity contribution is -0.379. The van der Waals surface area contributed by atoms with Crippen LogP contribution in [0.2, 0.25) is 0 Å². The molecule has 0 aliphatic carbocycles. The summed E-state index contributed by atoms with van der Waals surface area (Å²) in [6.45, 7) is 7.83. The van der Waals surface area contributed by atoms with Crippen LogP contribution in [0.4, 0.5) is 0 Å². The summed E-state index contributed by atoms with van der Waals surface area (Å²) in [5.74, 6) is -4.65. The lowest BCUT2D eigenvalue weighted by atomic mass is 9.94. The number of benzene rings is 4. The molecule has 21 heteroatoms. The third-order valence-electron chi connectivity index (χ3n) is 12.8. The van der Waals surface area contributed by atoms with Crippen LogP contribution in [0.25, 0.3) is 0 Å². The highest BCUT2D eigenvalue weighted by Gasteiger charge is 2.58. The molecule has 7 rings (SSSR count). The molecule has 3 heterocycles. The van der Waals surface area contributed by atoms with Gasteiger partial charge in [0.2, 0.25) is 5.91 Å². The van der Waals surface area contributed by atoms with Gasteiger partial charge in [-0.15, -0.1) is 0 Å². The van der Waals surface area contributed by atoms with Crippen molar-refractivity contribution in [2.45, 2.75) is 167 Å². The Bertz CT molecular complexity index is 2580. The summed E-state index contributed by atoms with van der Waals surface area (Å²) in [6, 6.07) is 36.3. The smallest absolute Gasteiger partial charge is 0.303 e. The first kappa shape index (κ1) is 60.0. The first-order valence-corrected chi connectivity index (χ1v) is 26.0. The number of nitrogens with one attached hydrogen (secondary N) is 1. The molecule has 1 N–H and O–H groups in total. The van der Waals surface area contributed by atoms with E-state index in [0.29, 0.717) is 0 Å². The van der Waals surface area contributed by atoms with Crippen LogP contribution in [0.1, 0.15) is 70.7 Å². The molecular weight excluding hydrogens is 1030 g/mol. The highest BCUT2D eigenvalue weighted by Crippen LogP contribution is 2.38. The summed E-state index contributed by atoms with van der Waals surface area (Å²) >= 11 is 0. The van der Waals surface area contributed by atoms with Crippen molar-refractivity contribution in [1.82, 2.24) is 5.32 Å². The number of amides is 1. The van der Waals surface area contributed by atoms with Gasteiger partial charge in [-0.1, -0.05) is 121 Å². The highest BCUT2D eigenvalue weighted by atomic mass is 16.8. The zero-order valence-electron chi connectivity index (χ0n) is 45.1. The van der Waals surface area contributed by atoms with E-state index in [1.54, 1.807) is 6.92 Å². The van der Waals surface area contributed by atoms with E-state index in [1.807, 2.05) is 121 Å². The van der Waals surface area contributed by atoms with Gasteiger partial charge >= 0.3 is 29.8 Å². The van der Waals surface area contributed by atoms with Crippen LogP contribution in [0.5, 0.6) is 0 Å². The van der Waals surface area contributed by atoms with Crippen LogP contribution in [0.15, 0.2) is 121 Å². The molecule has 0 saturated carbocycles. The summed E-state index contributed by atoms with van der Waals surface area (Å²) in [7, 11) is 0. The van der Waals surface area contributed by atoms with Gasteiger partial charge in [-0.25, -0.2) is 0 Å². The lowest BCUT2D eigenvalue weighted by Crippen LogP contribution is -2.70. The predicted molar refractivity (Wildman–Crippen MR) is 275 cm³/mol. The maximum Gasteiger partial charge on any atom is 0.303 e. The van der Waals surface area contributed by atoms with E-state index in [-0.39, 0.29) is 26.4 Å². The van der Waals surface area contributed by atoms with Gasteiger partial charge < -0.3 is 71.6 Å². The van der Waals surface area contributed by atoms with E-state index < -0.39 is 141 Å². The first-order valence-electron chi connectivity index (χ1n) is 26.0. The molecule has 15 atom stereocenters. The minimum absolute atomic E-state index is 0.0329. The van der Waals surface area contributed by atoms with Crippen LogP contribution in [-0.2, 0) is 122 Å². The van der Waals surface area contributed by atoms with Crippen molar-refractivity contribution in [2.75, 3.05) is 13.2 Å². The maximum atomic E-state index is 13.6. The molecule has 79 heavy (non-hydrogen) atoms. The Balaban J connectivity index is 1.37. The second-order valence-corrected chi connectivity index (χ2v) is 19.1. The molecule has 0 unspecified atom stereocenters. The second kappa shape index (κ2) is 29.5. The molecule has 21 nitrogen and oxygen atoms in total. The molecule has 1 amide bonds. The van der Waals surface area contributed by atoms with Crippen LogP contribution < -0.4 is 5.32 Å². The van der Waals surface area contributed by atoms with Crippen LogP contribution in [-0.4, -0.2) is 141 Å². The molecular formula is C58H69NO20. The molecule has 3 aliphatic heterocycles. The van der Waals surface area contributed by atoms with Gasteiger partial charge in [-0.05, 0) is 29.2 Å². The fraction of sp³-hybridized carbons (Fsp3) is 0.483. The Morgan fingerprint density at radius 1 is 0.392 bits per heavy atom. The lowest BCUT2D eigenvalue weighted by Gasteiger charge is -2.51. The van der Waals surface area contributed by atoms with Crippen LogP contribution in [0, 0.1) is 0 Å². The Labute approximate surface area is 458 Å². The molecule has 0 spiro atoms. The van der Waals surface area contributed by atoms with E-state index in [0.717, 1.165) is 49.9 Å². The summed E-state index contributed by atoms with van der Waals surface area (Å²) in [5.41, 5.74) is 3.27. The van der Waals surface area contributed by atoms with E-state index >= 15 is 0 Å². The summed E-state index contributed by atoms with van der Waals surface area (Å²) < 4.78 is 89.3. The Hall–Kier alpha value is -6.66. The van der Waals surface area contributed by atoms with Crippen molar-refractivity contribution < 1.29 is 95.1 Å². The third kappa shape index (κ3) is 17.7. The van der Waals surface area contributed by atoms with E-state index in [2.05, 4.69) is 5.32 Å². The maximum absolute atomic E-state index is 13.6. The fourth-order valence-corrected chi connectivity index (χ4v) is 9.43. The number of rotatable bonds is 24. The van der Waals surface area contributed by atoms with Gasteiger partial charge in [0.1, 0.15) is 62.0 Å². The van der Waals surface area contributed by atoms with Gasteiger partial charge in [-0.3, -0.25) is 28.8 Å². The number of ether oxygens (including phenoxy) is 14. The molecule has 0 radical (unpaired) electrons. The molecule has 3 saturated heterocycles. The Morgan fingerprint density at radius 2 is 0.772 bits per heavy atom. The largest absolute Gasteiger partial charge is 0.463 e. The minimum atomic E-state index is -1.83. The third-order valence-corrected chi connectivity index (χ3v) is 12.8. The number of hydrogen-bond donors (Lipinski definition) is 1. The molecule has 4 aromatic carbocycles. The summed E-state index contributed by atoms with van der Waals surface area (Å²) in [4.78, 5) is 77.2. The van der Waals surface area contributed by atoms with Crippen molar-refractivity contribution in [2.24, 2.45) is 0 Å². The van der Waals surface area contributed by atoms with Crippen molar-refractivity contribution in [1.29, 1.82) is 0 Å². The minimum Gasteiger partial charge on any atom is -0.463 e. The molecule has 0 aromatic heterocycles. The number of hydrogen-bond acceptors (Lipinski definition) is 20. The normalized spacial score (nSPS) is 28.6. The van der Waals surface area contributed by atoms with Crippen LogP contribution >= 0.6 is 0 Å². The van der Waals surface area contributed by atoms with Gasteiger partial charge in [0.25, 0.3) is 0 Å². The number of carbonyl (C=O) groups is 6. The zero-order valence-corrected chi connectivity index (χ0v) is 45.1. The summed E-state index contributed by atoms with van der Waals surface area (Å²) in [5, 5.41) is 2.93. The Morgan fingerprint density at radius 3 is 1.23 bits per heavy atom. The fourth-order valence-electron chi connectivity index (χ4n) is 9.43. The average Bonchev–Trinajstić information content (AvgIpc) is 3.55. The number of carbonyl (C=O) groups excluding carboxylic acids is 6. The van der Waals surface area contributed by atoms with Crippen molar-refractivity contribution in [3.8, 4) is 0 Å². The molecule has 3 fully saturated rings. The van der Waals surface area contributed by atoms with Crippen molar-refractivity contribution in [3.63, 3.8) is 0 Å². The predicted octanol–water partition coefficient (Wildman–Crippen LogP) is 5.35. The average molecular weight is 1100 g/mol. The quantitative estimate of drug-likeness (QED) is 0.0686. The highest BCUT2D eigenvalue weighted by molar-refractivity contribution is 5.73. The van der Waals surface area contributed by atoms with Crippen molar-refractivity contribution in [3.05, 3.63) is 144 Å². The van der Waals surface area contributed by atoms with Crippen molar-refractivity contribution >= 4 is 35.8 Å². The topological polar surface area (TPSA) is 244 Å². The van der Waals surface area contributed by atoms with Gasteiger partial charge in [0.05, 0.1) is 32.5 Å². The van der Waals surface area contributed by atoms with Gasteiger partial charge in [-0.2, -0.15) is 0 Å². The summed E-state index contributed by atoms with van der Waals surface area (Å²) in [6.07, 6.45) is -19.1. The monoisotopic (exact) mass is 1100 g/mol. The van der Waals surface area contributed by atoms with E-state index in [1.165, 1.54) is 13.8 Å². The first-order chi connectivity index (χ1) is 38.0. The Kier molecular flexibility index (Phi) is 22.4. The standard InChI is InChI=1S/C58H69NO20/c1-34-48(68-28-41-20-12-8-13-21-41)52(69-29-42-22-14-9-15-23-42)54(70-30-43-24-16-10-17-25-43)57(72-34)79-51-47(59-35(2)60)56(71-31-44-26-18-11-19-27-44)76-45(32-66-36(3)61)49(51)78-58-55(75-40(7)65)53(74-39(6)64)50(73-38(5)63)46(77-58)33-67-37(4)62/h8-27,34,45-58H,28-33H2,1-7H3,(H,59,60)/t34-,45-,46+,47-,48+,49-,50-,51-,52+,53+,54-,55-,56+,57-,58-/m0/s1. The zero-order chi connectivity index (χ0) is 56.4. The van der Waals surface area contributed by atoms with E-state index in [4.69, 9.17) is 66.3 Å². The van der Waals surface area contributed by atoms with E-state index in [9.17, 15) is 28.8 Å². The molecule has 4 aromatic rings.